The van der Waals surface area contributed by atoms with Gasteiger partial charge in [0, 0.05) is 23.3 Å². The number of urea groups is 2. The number of halogens is 1. The predicted octanol–water partition coefficient (Wildman–Crippen LogP) is 3.74. The monoisotopic (exact) mass is 496 g/mol. The number of hydrogen-bond donors (Lipinski definition) is 3. The maximum atomic E-state index is 13.2. The number of carboxylic acids is 1. The third-order valence-corrected chi connectivity index (χ3v) is 5.31. The zero-order valence-corrected chi connectivity index (χ0v) is 19.1. The molecule has 1 saturated heterocycles. The highest BCUT2D eigenvalue weighted by molar-refractivity contribution is 6.30. The van der Waals surface area contributed by atoms with Crippen LogP contribution in [-0.2, 0) is 11.3 Å². The molecule has 0 radical (unpaired) electrons. The number of amides is 4. The van der Waals surface area contributed by atoms with E-state index < -0.39 is 24.3 Å². The molecule has 3 N–H and O–H groups in total. The van der Waals surface area contributed by atoms with Gasteiger partial charge >= 0.3 is 18.0 Å². The number of nitrogens with one attached hydrogen (secondary N) is 2. The second kappa shape index (κ2) is 10.7. The number of imide groups is 1. The lowest BCUT2D eigenvalue weighted by Gasteiger charge is -2.41. The number of hydrogen-bond acceptors (Lipinski definition) is 7. The van der Waals surface area contributed by atoms with Gasteiger partial charge in [0.05, 0.1) is 25.4 Å². The van der Waals surface area contributed by atoms with Gasteiger partial charge < -0.3 is 15.2 Å². The van der Waals surface area contributed by atoms with Crippen molar-refractivity contribution in [2.75, 3.05) is 11.9 Å². The minimum Gasteiger partial charge on any atom is -0.481 e. The average molecular weight is 497 g/mol. The molecule has 0 spiro atoms. The molecule has 2 heterocycles. The van der Waals surface area contributed by atoms with Crippen molar-refractivity contribution in [1.82, 2.24) is 25.3 Å². The topological polar surface area (TPSA) is 137 Å². The van der Waals surface area contributed by atoms with Crippen LogP contribution in [-0.4, -0.2) is 56.0 Å². The Labute approximate surface area is 205 Å². The van der Waals surface area contributed by atoms with Crippen LogP contribution in [0.2, 0.25) is 5.02 Å². The molecule has 180 valence electrons. The Morgan fingerprint density at radius 1 is 1.06 bits per heavy atom. The van der Waals surface area contributed by atoms with Crippen molar-refractivity contribution in [1.29, 1.82) is 0 Å². The summed E-state index contributed by atoms with van der Waals surface area (Å²) in [4.78, 5) is 39.0. The van der Waals surface area contributed by atoms with Crippen LogP contribution < -0.4 is 15.4 Å². The fraction of sp³-hybridized carbons (Fsp3) is 0.174. The average Bonchev–Trinajstić information content (AvgIpc) is 2.84. The number of anilines is 1. The fourth-order valence-corrected chi connectivity index (χ4v) is 3.47. The van der Waals surface area contributed by atoms with Gasteiger partial charge in [-0.3, -0.25) is 15.0 Å². The third-order valence-electron chi connectivity index (χ3n) is 5.06. The van der Waals surface area contributed by atoms with Crippen molar-refractivity contribution in [2.45, 2.75) is 19.3 Å². The van der Waals surface area contributed by atoms with Gasteiger partial charge in [0.2, 0.25) is 0 Å². The van der Waals surface area contributed by atoms with Crippen LogP contribution in [0.3, 0.4) is 0 Å². The zero-order chi connectivity index (χ0) is 24.8. The van der Waals surface area contributed by atoms with E-state index in [0.717, 1.165) is 10.5 Å². The van der Waals surface area contributed by atoms with Crippen molar-refractivity contribution >= 4 is 35.3 Å². The largest absolute Gasteiger partial charge is 0.481 e. The Hall–Kier alpha value is -4.38. The van der Waals surface area contributed by atoms with E-state index in [0.29, 0.717) is 22.2 Å². The summed E-state index contributed by atoms with van der Waals surface area (Å²) in [6, 6.07) is 14.2. The lowest BCUT2D eigenvalue weighted by Crippen LogP contribution is -2.67. The van der Waals surface area contributed by atoms with Crippen molar-refractivity contribution in [3.8, 4) is 11.5 Å². The van der Waals surface area contributed by atoms with E-state index in [-0.39, 0.29) is 19.5 Å². The summed E-state index contributed by atoms with van der Waals surface area (Å²) in [7, 11) is 0. The number of aromatic nitrogens is 2. The highest BCUT2D eigenvalue weighted by Crippen LogP contribution is 2.24. The quantitative estimate of drug-likeness (QED) is 0.407. The first kappa shape index (κ1) is 23.8. The van der Waals surface area contributed by atoms with E-state index in [9.17, 15) is 14.4 Å². The number of carbonyl (C=O) groups is 3. The number of aliphatic carboxylic acids is 1. The number of nitrogens with zero attached hydrogens (tertiary/aromatic N) is 4. The number of ether oxygens (including phenoxy) is 1. The highest BCUT2D eigenvalue weighted by Gasteiger charge is 2.38. The Morgan fingerprint density at radius 3 is 2.46 bits per heavy atom. The second-order valence-corrected chi connectivity index (χ2v) is 7.97. The lowest BCUT2D eigenvalue weighted by atomic mass is 10.2. The summed E-state index contributed by atoms with van der Waals surface area (Å²) >= 11 is 5.97. The van der Waals surface area contributed by atoms with E-state index in [1.807, 2.05) is 0 Å². The fourth-order valence-electron chi connectivity index (χ4n) is 3.34. The van der Waals surface area contributed by atoms with Gasteiger partial charge in [-0.2, -0.15) is 10.2 Å². The molecule has 4 rings (SSSR count). The van der Waals surface area contributed by atoms with Crippen molar-refractivity contribution < 1.29 is 24.2 Å². The van der Waals surface area contributed by atoms with Crippen molar-refractivity contribution in [3.05, 3.63) is 77.6 Å². The van der Waals surface area contributed by atoms with Gasteiger partial charge in [0.1, 0.15) is 11.5 Å². The molecule has 1 aliphatic rings. The maximum Gasteiger partial charge on any atom is 0.331 e. The van der Waals surface area contributed by atoms with Gasteiger partial charge in [-0.25, -0.2) is 14.5 Å². The van der Waals surface area contributed by atoms with E-state index in [4.69, 9.17) is 21.4 Å². The van der Waals surface area contributed by atoms with Gasteiger partial charge in [-0.1, -0.05) is 23.7 Å². The highest BCUT2D eigenvalue weighted by atomic mass is 35.5. The van der Waals surface area contributed by atoms with E-state index in [1.54, 1.807) is 54.6 Å². The molecule has 2 aromatic carbocycles. The Balaban J connectivity index is 1.51. The number of rotatable bonds is 9. The van der Waals surface area contributed by atoms with Crippen LogP contribution in [0, 0.1) is 0 Å². The Morgan fingerprint density at radius 2 is 1.80 bits per heavy atom. The van der Waals surface area contributed by atoms with E-state index in [1.165, 1.54) is 17.3 Å². The molecule has 11 nitrogen and oxygen atoms in total. The van der Waals surface area contributed by atoms with Gasteiger partial charge in [0.15, 0.2) is 6.29 Å². The summed E-state index contributed by atoms with van der Waals surface area (Å²) < 4.78 is 5.70. The Bertz CT molecular complexity index is 1190. The van der Waals surface area contributed by atoms with Gasteiger partial charge in [-0.05, 0) is 42.0 Å². The standard InChI is InChI=1S/C23H21ClN6O5/c24-16-3-1-15(2-4-16)14-30-21(28-22(33)29(23(30)34)12-10-20(31)32)27-17-5-7-18(8-6-17)35-19-9-11-25-26-13-19/h1-9,11,13,21,27H,10,12,14H2,(H,28,33)(H,31,32). The number of benzene rings is 2. The van der Waals surface area contributed by atoms with E-state index in [2.05, 4.69) is 20.8 Å². The van der Waals surface area contributed by atoms with Crippen LogP contribution in [0.4, 0.5) is 15.3 Å². The molecule has 4 amide bonds. The van der Waals surface area contributed by atoms with Crippen molar-refractivity contribution in [2.24, 2.45) is 0 Å². The summed E-state index contributed by atoms with van der Waals surface area (Å²) in [5.41, 5.74) is 1.39. The van der Waals surface area contributed by atoms with Crippen LogP contribution in [0.25, 0.3) is 0 Å². The van der Waals surface area contributed by atoms with E-state index >= 15 is 0 Å². The van der Waals surface area contributed by atoms with Crippen molar-refractivity contribution in [3.63, 3.8) is 0 Å². The summed E-state index contributed by atoms with van der Waals surface area (Å²) in [6.07, 6.45) is 1.76. The molecule has 0 aliphatic carbocycles. The Kier molecular flexibility index (Phi) is 7.27. The first-order valence-corrected chi connectivity index (χ1v) is 10.9. The number of carbonyl (C=O) groups excluding carboxylic acids is 2. The minimum absolute atomic E-state index is 0.147. The lowest BCUT2D eigenvalue weighted by molar-refractivity contribution is -0.137. The smallest absolute Gasteiger partial charge is 0.331 e. The number of carboxylic acid groups (broad SMARTS) is 1. The molecule has 1 atom stereocenters. The molecule has 1 unspecified atom stereocenters. The molecule has 0 saturated carbocycles. The molecular weight excluding hydrogens is 476 g/mol. The predicted molar refractivity (Wildman–Crippen MR) is 126 cm³/mol. The zero-order valence-electron chi connectivity index (χ0n) is 18.3. The van der Waals surface area contributed by atoms with Gasteiger partial charge in [-0.15, -0.1) is 0 Å². The SMILES string of the molecule is O=C(O)CCN1C(=O)NC(Nc2ccc(Oc3ccnnc3)cc2)N(Cc2ccc(Cl)cc2)C1=O. The van der Waals surface area contributed by atoms with Crippen LogP contribution in [0.15, 0.2) is 67.0 Å². The maximum absolute atomic E-state index is 13.2. The first-order valence-electron chi connectivity index (χ1n) is 10.5. The summed E-state index contributed by atoms with van der Waals surface area (Å²) in [6.45, 7) is -0.104. The molecule has 3 aromatic rings. The molecule has 1 aliphatic heterocycles. The molecule has 1 aromatic heterocycles. The third kappa shape index (κ3) is 6.15. The molecular formula is C23H21ClN6O5. The van der Waals surface area contributed by atoms with Crippen LogP contribution in [0.1, 0.15) is 12.0 Å². The van der Waals surface area contributed by atoms with Crippen LogP contribution >= 0.6 is 11.6 Å². The minimum atomic E-state index is -1.11. The molecule has 0 bridgehead atoms. The van der Waals surface area contributed by atoms with Gasteiger partial charge in [0.25, 0.3) is 0 Å². The molecule has 12 heteroatoms. The molecule has 1 fully saturated rings. The normalized spacial score (nSPS) is 15.5. The summed E-state index contributed by atoms with van der Waals surface area (Å²) in [5, 5.41) is 22.8. The summed E-state index contributed by atoms with van der Waals surface area (Å²) in [5.74, 6) is -0.0217. The first-order chi connectivity index (χ1) is 16.9. The van der Waals surface area contributed by atoms with Crippen LogP contribution in [0.5, 0.6) is 11.5 Å². The second-order valence-electron chi connectivity index (χ2n) is 7.53. The molecule has 35 heavy (non-hydrogen) atoms.